The highest BCUT2D eigenvalue weighted by atomic mass is 14.8. The minimum absolute atomic E-state index is 0.450. The molecule has 1 aliphatic carbocycles. The average Bonchev–Trinajstić information content (AvgIpc) is 3.01. The van der Waals surface area contributed by atoms with Crippen molar-refractivity contribution >= 4 is 21.8 Å². The lowest BCUT2D eigenvalue weighted by molar-refractivity contribution is 0.854. The summed E-state index contributed by atoms with van der Waals surface area (Å²) < 4.78 is 0. The maximum atomic E-state index is 5.03. The Morgan fingerprint density at radius 2 is 1.07 bits per heavy atom. The first-order valence-corrected chi connectivity index (χ1v) is 14.0. The Hall–Kier alpha value is -4.82. The molecule has 0 saturated carbocycles. The fourth-order valence-electron chi connectivity index (χ4n) is 5.92. The minimum atomic E-state index is 0.450. The van der Waals surface area contributed by atoms with Crippen molar-refractivity contribution in [1.29, 1.82) is 0 Å². The monoisotopic (exact) mass is 514 g/mol. The van der Waals surface area contributed by atoms with Crippen LogP contribution in [0.25, 0.3) is 55.2 Å². The molecule has 1 atom stereocenters. The molecule has 0 fully saturated rings. The summed E-state index contributed by atoms with van der Waals surface area (Å²) in [5.74, 6) is 0.450. The van der Waals surface area contributed by atoms with E-state index < -0.39 is 0 Å². The van der Waals surface area contributed by atoms with Crippen LogP contribution in [0.3, 0.4) is 0 Å². The van der Waals surface area contributed by atoms with Gasteiger partial charge in [-0.3, -0.25) is 9.97 Å². The molecule has 1 unspecified atom stereocenters. The zero-order valence-electron chi connectivity index (χ0n) is 22.8. The first kappa shape index (κ1) is 24.2. The van der Waals surface area contributed by atoms with E-state index in [4.69, 9.17) is 9.97 Å². The van der Waals surface area contributed by atoms with Crippen molar-refractivity contribution in [2.24, 2.45) is 0 Å². The summed E-state index contributed by atoms with van der Waals surface area (Å²) in [6.45, 7) is 4.15. The molecule has 7 rings (SSSR count). The van der Waals surface area contributed by atoms with Crippen LogP contribution in [0.15, 0.2) is 127 Å². The molecule has 0 amide bonds. The van der Waals surface area contributed by atoms with E-state index in [9.17, 15) is 0 Å². The molecule has 6 aromatic rings. The van der Waals surface area contributed by atoms with Gasteiger partial charge >= 0.3 is 0 Å². The zero-order valence-corrected chi connectivity index (χ0v) is 22.8. The third-order valence-electron chi connectivity index (χ3n) is 7.95. The molecule has 2 heteroatoms. The van der Waals surface area contributed by atoms with Crippen LogP contribution in [0, 0.1) is 13.8 Å². The Balaban J connectivity index is 1.33. The molecular weight excluding hydrogens is 484 g/mol. The SMILES string of the molecule is Cc1cc(-c2ccc(-c3ccccc3)cc2)c2ccc3c(-c4ccc(C5C=CC=CC5)cc4)cc(C)nc3c2n1. The highest BCUT2D eigenvalue weighted by molar-refractivity contribution is 6.12. The van der Waals surface area contributed by atoms with Crippen LogP contribution in [0.1, 0.15) is 29.3 Å². The van der Waals surface area contributed by atoms with Crippen molar-refractivity contribution in [2.75, 3.05) is 0 Å². The van der Waals surface area contributed by atoms with Gasteiger partial charge in [0.05, 0.1) is 11.0 Å². The van der Waals surface area contributed by atoms with Crippen molar-refractivity contribution in [1.82, 2.24) is 9.97 Å². The third-order valence-corrected chi connectivity index (χ3v) is 7.95. The summed E-state index contributed by atoms with van der Waals surface area (Å²) in [6, 6.07) is 37.2. The van der Waals surface area contributed by atoms with Gasteiger partial charge in [-0.05, 0) is 71.3 Å². The molecule has 1 aliphatic rings. The lowest BCUT2D eigenvalue weighted by Crippen LogP contribution is -1.97. The van der Waals surface area contributed by atoms with E-state index in [1.54, 1.807) is 0 Å². The zero-order chi connectivity index (χ0) is 27.1. The van der Waals surface area contributed by atoms with E-state index >= 15 is 0 Å². The molecule has 0 aliphatic heterocycles. The normalized spacial score (nSPS) is 14.7. The largest absolute Gasteiger partial charge is 0.251 e. The molecule has 0 bridgehead atoms. The minimum Gasteiger partial charge on any atom is -0.251 e. The number of allylic oxidation sites excluding steroid dienone is 4. The van der Waals surface area contributed by atoms with E-state index in [1.807, 2.05) is 0 Å². The number of nitrogens with zero attached hydrogens (tertiary/aromatic N) is 2. The number of aromatic nitrogens is 2. The highest BCUT2D eigenvalue weighted by Gasteiger charge is 2.15. The van der Waals surface area contributed by atoms with Gasteiger partial charge in [-0.25, -0.2) is 0 Å². The lowest BCUT2D eigenvalue weighted by atomic mass is 9.90. The summed E-state index contributed by atoms with van der Waals surface area (Å²) in [5, 5.41) is 2.26. The van der Waals surface area contributed by atoms with Crippen molar-refractivity contribution in [3.8, 4) is 33.4 Å². The van der Waals surface area contributed by atoms with Crippen molar-refractivity contribution in [3.63, 3.8) is 0 Å². The number of benzene rings is 4. The average molecular weight is 515 g/mol. The van der Waals surface area contributed by atoms with Gasteiger partial charge < -0.3 is 0 Å². The highest BCUT2D eigenvalue weighted by Crippen LogP contribution is 2.37. The van der Waals surface area contributed by atoms with E-state index in [0.29, 0.717) is 5.92 Å². The molecule has 0 spiro atoms. The second kappa shape index (κ2) is 10.1. The van der Waals surface area contributed by atoms with Gasteiger partial charge in [0.2, 0.25) is 0 Å². The van der Waals surface area contributed by atoms with Gasteiger partial charge in [-0.1, -0.05) is 115 Å². The van der Waals surface area contributed by atoms with Crippen LogP contribution >= 0.6 is 0 Å². The van der Waals surface area contributed by atoms with E-state index in [1.165, 1.54) is 38.9 Å². The predicted octanol–water partition coefficient (Wildman–Crippen LogP) is 10.0. The number of pyridine rings is 2. The van der Waals surface area contributed by atoms with Crippen LogP contribution in [0.5, 0.6) is 0 Å². The first-order chi connectivity index (χ1) is 19.6. The maximum absolute atomic E-state index is 5.03. The van der Waals surface area contributed by atoms with Gasteiger partial charge in [-0.2, -0.15) is 0 Å². The standard InChI is InChI=1S/C38H30N2/c1-25-23-35(31-17-13-29(14-18-31)27-9-5-3-6-10-27)33-21-22-34-36(24-26(2)40-38(34)37(33)39-25)32-19-15-30(16-20-32)28-11-7-4-8-12-28/h3-11,13-24,28H,12H2,1-2H3. The number of aryl methyl sites for hydroxylation is 2. The smallest absolute Gasteiger partial charge is 0.0974 e. The molecule has 0 N–H and O–H groups in total. The van der Waals surface area contributed by atoms with Gasteiger partial charge in [0.15, 0.2) is 0 Å². The van der Waals surface area contributed by atoms with Crippen LogP contribution in [0.4, 0.5) is 0 Å². The number of hydrogen-bond donors (Lipinski definition) is 0. The molecule has 192 valence electrons. The molecule has 2 nitrogen and oxygen atoms in total. The summed E-state index contributed by atoms with van der Waals surface area (Å²) in [7, 11) is 0. The van der Waals surface area contributed by atoms with Crippen molar-refractivity contribution in [2.45, 2.75) is 26.2 Å². The summed E-state index contributed by atoms with van der Waals surface area (Å²) >= 11 is 0. The topological polar surface area (TPSA) is 25.8 Å². The number of fused-ring (bicyclic) bond motifs is 3. The number of hydrogen-bond acceptors (Lipinski definition) is 2. The van der Waals surface area contributed by atoms with E-state index in [0.717, 1.165) is 39.6 Å². The van der Waals surface area contributed by atoms with Gasteiger partial charge in [0.1, 0.15) is 0 Å². The molecule has 0 radical (unpaired) electrons. The fraction of sp³-hybridized carbons (Fsp3) is 0.105. The molecule has 0 saturated heterocycles. The quantitative estimate of drug-likeness (QED) is 0.219. The van der Waals surface area contributed by atoms with Crippen LogP contribution in [-0.2, 0) is 0 Å². The molecule has 2 heterocycles. The van der Waals surface area contributed by atoms with Crippen LogP contribution in [0.2, 0.25) is 0 Å². The Morgan fingerprint density at radius 1 is 0.550 bits per heavy atom. The van der Waals surface area contributed by atoms with E-state index in [2.05, 4.69) is 141 Å². The second-order valence-corrected chi connectivity index (χ2v) is 10.7. The molecule has 4 aromatic carbocycles. The van der Waals surface area contributed by atoms with Crippen LogP contribution in [-0.4, -0.2) is 9.97 Å². The summed E-state index contributed by atoms with van der Waals surface area (Å²) in [4.78, 5) is 10.1. The maximum Gasteiger partial charge on any atom is 0.0974 e. The lowest BCUT2D eigenvalue weighted by Gasteiger charge is -2.16. The fourth-order valence-corrected chi connectivity index (χ4v) is 5.92. The summed E-state index contributed by atoms with van der Waals surface area (Å²) in [5.41, 5.74) is 12.5. The van der Waals surface area contributed by atoms with Gasteiger partial charge in [0, 0.05) is 28.1 Å². The van der Waals surface area contributed by atoms with Crippen LogP contribution < -0.4 is 0 Å². The van der Waals surface area contributed by atoms with Gasteiger partial charge in [-0.15, -0.1) is 0 Å². The summed E-state index contributed by atoms with van der Waals surface area (Å²) in [6.07, 6.45) is 9.86. The molecule has 40 heavy (non-hydrogen) atoms. The first-order valence-electron chi connectivity index (χ1n) is 14.0. The van der Waals surface area contributed by atoms with Crippen molar-refractivity contribution in [3.05, 3.63) is 144 Å². The number of rotatable bonds is 4. The third kappa shape index (κ3) is 4.42. The second-order valence-electron chi connectivity index (χ2n) is 10.7. The molecule has 2 aromatic heterocycles. The Morgan fingerprint density at radius 3 is 1.62 bits per heavy atom. The van der Waals surface area contributed by atoms with E-state index in [-0.39, 0.29) is 0 Å². The van der Waals surface area contributed by atoms with Gasteiger partial charge in [0.25, 0.3) is 0 Å². The Kier molecular flexibility index (Phi) is 6.09. The predicted molar refractivity (Wildman–Crippen MR) is 168 cm³/mol. The molecular formula is C38H30N2. The van der Waals surface area contributed by atoms with Crippen molar-refractivity contribution < 1.29 is 0 Å². The Bertz CT molecular complexity index is 1910. The Labute approximate surface area is 235 Å².